The summed E-state index contributed by atoms with van der Waals surface area (Å²) < 4.78 is 11.6. The van der Waals surface area contributed by atoms with Gasteiger partial charge in [0.05, 0.1) is 19.1 Å². The summed E-state index contributed by atoms with van der Waals surface area (Å²) in [5.74, 6) is -2.42. The fraction of sp³-hybridized carbons (Fsp3) is 0.903. The maximum Gasteiger partial charge on any atom is 0.305 e. The molecule has 0 bridgehead atoms. The van der Waals surface area contributed by atoms with Crippen LogP contribution in [0.2, 0.25) is 0 Å². The van der Waals surface area contributed by atoms with Crippen molar-refractivity contribution in [3.63, 3.8) is 0 Å². The summed E-state index contributed by atoms with van der Waals surface area (Å²) >= 11 is 0. The van der Waals surface area contributed by atoms with E-state index in [9.17, 15) is 19.5 Å². The third-order valence-electron chi connectivity index (χ3n) is 7.64. The Labute approximate surface area is 237 Å². The number of unbranched alkanes of at least 4 members (excludes halogenated alkanes) is 12. The van der Waals surface area contributed by atoms with Gasteiger partial charge in [-0.25, -0.2) is 0 Å². The van der Waals surface area contributed by atoms with E-state index in [0.717, 1.165) is 19.3 Å². The molecular formula is C31H58N2O6. The van der Waals surface area contributed by atoms with Crippen LogP contribution in [0, 0.1) is 5.41 Å². The number of carbonyl (C=O) groups excluding carboxylic acids is 2. The number of nitrogens with one attached hydrogen (secondary N) is 2. The van der Waals surface area contributed by atoms with Crippen LogP contribution in [0.1, 0.15) is 144 Å². The van der Waals surface area contributed by atoms with E-state index in [1.54, 1.807) is 13.8 Å². The van der Waals surface area contributed by atoms with Crippen LogP contribution in [0.25, 0.3) is 0 Å². The van der Waals surface area contributed by atoms with Gasteiger partial charge in [-0.2, -0.15) is 0 Å². The Bertz CT molecular complexity index is 724. The van der Waals surface area contributed by atoms with E-state index >= 15 is 0 Å². The highest BCUT2D eigenvalue weighted by molar-refractivity contribution is 5.83. The van der Waals surface area contributed by atoms with Gasteiger partial charge in [-0.15, -0.1) is 0 Å². The van der Waals surface area contributed by atoms with Gasteiger partial charge in [-0.05, 0) is 26.7 Å². The molecule has 1 saturated heterocycles. The minimum atomic E-state index is -1.03. The van der Waals surface area contributed by atoms with Crippen molar-refractivity contribution >= 4 is 17.8 Å². The fourth-order valence-electron chi connectivity index (χ4n) is 5.13. The molecule has 0 aromatic rings. The van der Waals surface area contributed by atoms with Gasteiger partial charge >= 0.3 is 5.97 Å². The minimum absolute atomic E-state index is 0.0988. The Morgan fingerprint density at radius 2 is 1.31 bits per heavy atom. The second-order valence-electron chi connectivity index (χ2n) is 12.5. The number of aliphatic carboxylic acids is 1. The maximum atomic E-state index is 13.2. The largest absolute Gasteiger partial charge is 0.481 e. The number of hydrogen-bond donors (Lipinski definition) is 3. The number of ether oxygens (including phenoxy) is 2. The lowest BCUT2D eigenvalue weighted by Crippen LogP contribution is -2.60. The first-order valence-electron chi connectivity index (χ1n) is 15.5. The molecule has 0 aliphatic carbocycles. The first kappa shape index (κ1) is 35.4. The van der Waals surface area contributed by atoms with E-state index in [-0.39, 0.29) is 18.2 Å². The molecule has 3 unspecified atom stereocenters. The van der Waals surface area contributed by atoms with E-state index in [2.05, 4.69) is 17.6 Å². The SMILES string of the molecule is CCCCCCCCCCCCCCCC(=O)NC(CC)C(CC(=O)O)NC(=O)C1OC(C)(C)OCC1(C)C. The maximum absolute atomic E-state index is 13.2. The highest BCUT2D eigenvalue weighted by Gasteiger charge is 2.46. The quantitative estimate of drug-likeness (QED) is 0.140. The predicted molar refractivity (Wildman–Crippen MR) is 155 cm³/mol. The first-order chi connectivity index (χ1) is 18.4. The summed E-state index contributed by atoms with van der Waals surface area (Å²) in [6, 6.07) is -1.21. The fourth-order valence-corrected chi connectivity index (χ4v) is 5.13. The zero-order valence-corrected chi connectivity index (χ0v) is 25.7. The molecule has 2 amide bonds. The summed E-state index contributed by atoms with van der Waals surface area (Å²) in [5.41, 5.74) is -0.577. The molecule has 0 aromatic carbocycles. The lowest BCUT2D eigenvalue weighted by atomic mass is 9.85. The molecule has 0 radical (unpaired) electrons. The zero-order chi connectivity index (χ0) is 29.3. The summed E-state index contributed by atoms with van der Waals surface area (Å²) in [6.07, 6.45) is 16.0. The van der Waals surface area contributed by atoms with Crippen molar-refractivity contribution in [3.8, 4) is 0 Å². The van der Waals surface area contributed by atoms with Crippen LogP contribution in [0.4, 0.5) is 0 Å². The third kappa shape index (κ3) is 15.1. The molecule has 3 N–H and O–H groups in total. The van der Waals surface area contributed by atoms with E-state index in [0.29, 0.717) is 19.4 Å². The molecule has 1 heterocycles. The molecule has 0 saturated carbocycles. The zero-order valence-electron chi connectivity index (χ0n) is 25.7. The monoisotopic (exact) mass is 554 g/mol. The lowest BCUT2D eigenvalue weighted by Gasteiger charge is -2.45. The number of carboxylic acid groups (broad SMARTS) is 1. The number of rotatable bonds is 21. The lowest BCUT2D eigenvalue weighted by molar-refractivity contribution is -0.304. The molecule has 228 valence electrons. The highest BCUT2D eigenvalue weighted by Crippen LogP contribution is 2.35. The van der Waals surface area contributed by atoms with Crippen LogP contribution < -0.4 is 10.6 Å². The van der Waals surface area contributed by atoms with Crippen LogP contribution in [0.15, 0.2) is 0 Å². The van der Waals surface area contributed by atoms with Crippen LogP contribution in [-0.2, 0) is 23.9 Å². The Balaban J connectivity index is 2.41. The van der Waals surface area contributed by atoms with E-state index in [1.165, 1.54) is 64.2 Å². The molecule has 8 heteroatoms. The normalized spacial score (nSPS) is 19.7. The third-order valence-corrected chi connectivity index (χ3v) is 7.64. The van der Waals surface area contributed by atoms with Crippen molar-refractivity contribution < 1.29 is 29.0 Å². The molecule has 0 spiro atoms. The molecular weight excluding hydrogens is 496 g/mol. The number of carboxylic acids is 1. The van der Waals surface area contributed by atoms with Gasteiger partial charge in [0.15, 0.2) is 5.79 Å². The Morgan fingerprint density at radius 1 is 0.795 bits per heavy atom. The van der Waals surface area contributed by atoms with Crippen molar-refractivity contribution in [1.29, 1.82) is 0 Å². The van der Waals surface area contributed by atoms with Gasteiger partial charge in [0, 0.05) is 17.9 Å². The topological polar surface area (TPSA) is 114 Å². The van der Waals surface area contributed by atoms with Gasteiger partial charge in [-0.1, -0.05) is 105 Å². The van der Waals surface area contributed by atoms with Crippen molar-refractivity contribution in [3.05, 3.63) is 0 Å². The first-order valence-corrected chi connectivity index (χ1v) is 15.5. The van der Waals surface area contributed by atoms with Gasteiger partial charge in [0.2, 0.25) is 11.8 Å². The van der Waals surface area contributed by atoms with Crippen LogP contribution in [0.3, 0.4) is 0 Å². The second kappa shape index (κ2) is 18.6. The average molecular weight is 555 g/mol. The van der Waals surface area contributed by atoms with Gasteiger partial charge < -0.3 is 25.2 Å². The molecule has 3 atom stereocenters. The van der Waals surface area contributed by atoms with Gasteiger partial charge in [0.1, 0.15) is 6.10 Å². The molecule has 0 aromatic heterocycles. The van der Waals surface area contributed by atoms with Crippen LogP contribution in [-0.4, -0.2) is 53.5 Å². The Hall–Kier alpha value is -1.67. The molecule has 8 nitrogen and oxygen atoms in total. The van der Waals surface area contributed by atoms with Crippen molar-refractivity contribution in [2.24, 2.45) is 5.41 Å². The smallest absolute Gasteiger partial charge is 0.305 e. The summed E-state index contributed by atoms with van der Waals surface area (Å²) in [5, 5.41) is 15.3. The van der Waals surface area contributed by atoms with Crippen molar-refractivity contribution in [1.82, 2.24) is 10.6 Å². The second-order valence-corrected chi connectivity index (χ2v) is 12.5. The standard InChI is InChI=1S/C31H58N2O6/c1-7-9-10-11-12-13-14-15-16-17-18-19-20-21-26(34)32-24(8-2)25(22-27(35)36)33-29(37)28-30(3,4)23-38-31(5,6)39-28/h24-25,28H,7-23H2,1-6H3,(H,32,34)(H,33,37)(H,35,36). The number of carbonyl (C=O) groups is 3. The van der Waals surface area contributed by atoms with Crippen LogP contribution >= 0.6 is 0 Å². The molecule has 1 aliphatic heterocycles. The molecule has 1 rings (SSSR count). The predicted octanol–water partition coefficient (Wildman–Crippen LogP) is 6.50. The minimum Gasteiger partial charge on any atom is -0.481 e. The highest BCUT2D eigenvalue weighted by atomic mass is 16.7. The van der Waals surface area contributed by atoms with Crippen molar-refractivity contribution in [2.45, 2.75) is 168 Å². The van der Waals surface area contributed by atoms with E-state index < -0.39 is 35.4 Å². The molecule has 1 fully saturated rings. The van der Waals surface area contributed by atoms with Gasteiger partial charge in [0.25, 0.3) is 0 Å². The molecule has 1 aliphatic rings. The summed E-state index contributed by atoms with van der Waals surface area (Å²) in [6.45, 7) is 11.7. The Kier molecular flexibility index (Phi) is 16.9. The summed E-state index contributed by atoms with van der Waals surface area (Å²) in [4.78, 5) is 37.5. The average Bonchev–Trinajstić information content (AvgIpc) is 2.86. The van der Waals surface area contributed by atoms with E-state index in [1.807, 2.05) is 20.8 Å². The summed E-state index contributed by atoms with van der Waals surface area (Å²) in [7, 11) is 0. The molecule has 39 heavy (non-hydrogen) atoms. The Morgan fingerprint density at radius 3 is 1.79 bits per heavy atom. The van der Waals surface area contributed by atoms with Crippen molar-refractivity contribution in [2.75, 3.05) is 6.61 Å². The number of amides is 2. The van der Waals surface area contributed by atoms with E-state index in [4.69, 9.17) is 9.47 Å². The van der Waals surface area contributed by atoms with Crippen LogP contribution in [0.5, 0.6) is 0 Å². The number of hydrogen-bond acceptors (Lipinski definition) is 5. The van der Waals surface area contributed by atoms with Gasteiger partial charge in [-0.3, -0.25) is 14.4 Å².